The summed E-state index contributed by atoms with van der Waals surface area (Å²) in [7, 11) is 0. The Morgan fingerprint density at radius 2 is 2.00 bits per heavy atom. The van der Waals surface area contributed by atoms with Crippen LogP contribution in [0.2, 0.25) is 0 Å². The van der Waals surface area contributed by atoms with Gasteiger partial charge in [-0.05, 0) is 18.4 Å². The molecule has 0 aliphatic rings. The first kappa shape index (κ1) is 11.5. The minimum Gasteiger partial charge on any atom is -0.0956 e. The topological polar surface area (TPSA) is 0 Å². The molecule has 1 heteroatoms. The zero-order chi connectivity index (χ0) is 9.56. The second-order valence-corrected chi connectivity index (χ2v) is 3.50. The maximum Gasteiger partial charge on any atom is 0.0366 e. The van der Waals surface area contributed by atoms with Crippen LogP contribution in [-0.2, 0) is 0 Å². The quantitative estimate of drug-likeness (QED) is 0.572. The third-order valence-corrected chi connectivity index (χ3v) is 1.88. The van der Waals surface area contributed by atoms with Crippen LogP contribution in [0.1, 0.15) is 27.2 Å². The molecule has 0 aromatic rings. The zero-order valence-electron chi connectivity index (χ0n) is 8.10. The molecule has 0 aliphatic carbocycles. The molecule has 0 radical (unpaired) electrons. The second-order valence-electron chi connectivity index (χ2n) is 3.06. The summed E-state index contributed by atoms with van der Waals surface area (Å²) in [5, 5.41) is 0.791. The Labute approximate surface area is 80.6 Å². The minimum atomic E-state index is 0.493. The molecule has 12 heavy (non-hydrogen) atoms. The van der Waals surface area contributed by atoms with Crippen LogP contribution in [0.25, 0.3) is 0 Å². The maximum atomic E-state index is 5.86. The molecule has 0 bridgehead atoms. The summed E-state index contributed by atoms with van der Waals surface area (Å²) in [6.07, 6.45) is 6.82. The fourth-order valence-corrected chi connectivity index (χ4v) is 0.859. The van der Waals surface area contributed by atoms with Gasteiger partial charge >= 0.3 is 0 Å². The van der Waals surface area contributed by atoms with Crippen molar-refractivity contribution in [2.45, 2.75) is 27.2 Å². The van der Waals surface area contributed by atoms with Gasteiger partial charge in [0, 0.05) is 5.03 Å². The van der Waals surface area contributed by atoms with E-state index in [0.29, 0.717) is 5.92 Å². The van der Waals surface area contributed by atoms with Crippen LogP contribution in [0.3, 0.4) is 0 Å². The van der Waals surface area contributed by atoms with Crippen LogP contribution in [-0.4, -0.2) is 0 Å². The van der Waals surface area contributed by atoms with Gasteiger partial charge in [-0.1, -0.05) is 56.7 Å². The van der Waals surface area contributed by atoms with Gasteiger partial charge < -0.3 is 0 Å². The minimum absolute atomic E-state index is 0.493. The van der Waals surface area contributed by atoms with Crippen LogP contribution in [0, 0.1) is 5.92 Å². The van der Waals surface area contributed by atoms with Crippen molar-refractivity contribution in [3.63, 3.8) is 0 Å². The van der Waals surface area contributed by atoms with Crippen LogP contribution in [0.4, 0.5) is 0 Å². The van der Waals surface area contributed by atoms with Crippen LogP contribution in [0.5, 0.6) is 0 Å². The van der Waals surface area contributed by atoms with E-state index in [-0.39, 0.29) is 0 Å². The molecule has 0 heterocycles. The van der Waals surface area contributed by atoms with Gasteiger partial charge in [0.1, 0.15) is 0 Å². The Kier molecular flexibility index (Phi) is 5.83. The summed E-state index contributed by atoms with van der Waals surface area (Å²) in [4.78, 5) is 0. The van der Waals surface area contributed by atoms with E-state index >= 15 is 0 Å². The predicted octanol–water partition coefficient (Wildman–Crippen LogP) is 4.29. The van der Waals surface area contributed by atoms with Crippen molar-refractivity contribution in [2.75, 3.05) is 0 Å². The lowest BCUT2D eigenvalue weighted by atomic mass is 10.1. The first-order chi connectivity index (χ1) is 5.57. The van der Waals surface area contributed by atoms with Crippen molar-refractivity contribution >= 4 is 11.6 Å². The lowest BCUT2D eigenvalue weighted by molar-refractivity contribution is 0.795. The fraction of sp³-hybridized carbons (Fsp3) is 0.455. The van der Waals surface area contributed by atoms with Gasteiger partial charge in [-0.15, -0.1) is 0 Å². The van der Waals surface area contributed by atoms with E-state index in [4.69, 9.17) is 11.6 Å². The third kappa shape index (κ3) is 5.20. The largest absolute Gasteiger partial charge is 0.0956 e. The lowest BCUT2D eigenvalue weighted by Crippen LogP contribution is -1.86. The molecular weight excluding hydrogens is 168 g/mol. The van der Waals surface area contributed by atoms with E-state index in [2.05, 4.69) is 27.4 Å². The Morgan fingerprint density at radius 3 is 2.42 bits per heavy atom. The van der Waals surface area contributed by atoms with E-state index in [1.807, 2.05) is 18.2 Å². The average Bonchev–Trinajstić information content (AvgIpc) is 2.00. The highest BCUT2D eigenvalue weighted by Gasteiger charge is 1.93. The molecule has 0 aromatic heterocycles. The summed E-state index contributed by atoms with van der Waals surface area (Å²) in [5.74, 6) is 0.493. The van der Waals surface area contributed by atoms with Crippen molar-refractivity contribution in [2.24, 2.45) is 5.92 Å². The standard InChI is InChI=1S/C11H17Cl/c1-5-6-11(12)8-7-10(4)9(2)3/h6-9H,4-5H2,1-3H3/b8-7-,11-6+. The summed E-state index contributed by atoms with van der Waals surface area (Å²) in [6.45, 7) is 10.2. The highest BCUT2D eigenvalue weighted by atomic mass is 35.5. The van der Waals surface area contributed by atoms with E-state index in [1.165, 1.54) is 0 Å². The van der Waals surface area contributed by atoms with Crippen LogP contribution in [0.15, 0.2) is 35.4 Å². The monoisotopic (exact) mass is 184 g/mol. The van der Waals surface area contributed by atoms with Crippen molar-refractivity contribution in [1.82, 2.24) is 0 Å². The summed E-state index contributed by atoms with van der Waals surface area (Å²) >= 11 is 5.86. The number of rotatable bonds is 4. The number of halogens is 1. The molecule has 68 valence electrons. The van der Waals surface area contributed by atoms with E-state index < -0.39 is 0 Å². The Bertz CT molecular complexity index is 197. The predicted molar refractivity (Wildman–Crippen MR) is 57.3 cm³/mol. The van der Waals surface area contributed by atoms with Crippen LogP contribution >= 0.6 is 11.6 Å². The smallest absolute Gasteiger partial charge is 0.0366 e. The maximum absolute atomic E-state index is 5.86. The molecule has 0 spiro atoms. The number of hydrogen-bond acceptors (Lipinski definition) is 0. The molecule has 0 amide bonds. The van der Waals surface area contributed by atoms with Crippen LogP contribution < -0.4 is 0 Å². The molecule has 0 rings (SSSR count). The SMILES string of the molecule is C=C(/C=C\C(Cl)=C/CC)C(C)C. The molecule has 0 saturated heterocycles. The van der Waals surface area contributed by atoms with Crippen molar-refractivity contribution in [3.8, 4) is 0 Å². The molecule has 0 aliphatic heterocycles. The van der Waals surface area contributed by atoms with Crippen molar-refractivity contribution in [1.29, 1.82) is 0 Å². The highest BCUT2D eigenvalue weighted by molar-refractivity contribution is 6.31. The van der Waals surface area contributed by atoms with Crippen molar-refractivity contribution < 1.29 is 0 Å². The van der Waals surface area contributed by atoms with Gasteiger partial charge in [0.2, 0.25) is 0 Å². The van der Waals surface area contributed by atoms with Gasteiger partial charge in [0.15, 0.2) is 0 Å². The summed E-state index contributed by atoms with van der Waals surface area (Å²) < 4.78 is 0. The lowest BCUT2D eigenvalue weighted by Gasteiger charge is -2.01. The van der Waals surface area contributed by atoms with E-state index in [0.717, 1.165) is 17.0 Å². The van der Waals surface area contributed by atoms with Gasteiger partial charge in [0.05, 0.1) is 0 Å². The van der Waals surface area contributed by atoms with E-state index in [1.54, 1.807) is 0 Å². The normalized spacial score (nSPS) is 12.9. The first-order valence-electron chi connectivity index (χ1n) is 4.30. The second kappa shape index (κ2) is 6.07. The average molecular weight is 185 g/mol. The fourth-order valence-electron chi connectivity index (χ4n) is 0.642. The van der Waals surface area contributed by atoms with Gasteiger partial charge in [-0.2, -0.15) is 0 Å². The summed E-state index contributed by atoms with van der Waals surface area (Å²) in [5.41, 5.74) is 1.11. The van der Waals surface area contributed by atoms with Gasteiger partial charge in [-0.3, -0.25) is 0 Å². The third-order valence-electron chi connectivity index (χ3n) is 1.60. The Morgan fingerprint density at radius 1 is 1.42 bits per heavy atom. The van der Waals surface area contributed by atoms with E-state index in [9.17, 15) is 0 Å². The molecule has 0 aromatic carbocycles. The number of allylic oxidation sites excluding steroid dienone is 5. The summed E-state index contributed by atoms with van der Waals surface area (Å²) in [6, 6.07) is 0. The molecular formula is C11H17Cl. The molecule has 0 nitrogen and oxygen atoms in total. The zero-order valence-corrected chi connectivity index (χ0v) is 8.86. The molecule has 0 unspecified atom stereocenters. The van der Waals surface area contributed by atoms with Gasteiger partial charge in [-0.25, -0.2) is 0 Å². The molecule has 0 atom stereocenters. The Balaban J connectivity index is 4.07. The molecule has 0 N–H and O–H groups in total. The molecule has 0 saturated carbocycles. The van der Waals surface area contributed by atoms with Crippen molar-refractivity contribution in [3.05, 3.63) is 35.4 Å². The molecule has 0 fully saturated rings. The van der Waals surface area contributed by atoms with Gasteiger partial charge in [0.25, 0.3) is 0 Å². The number of hydrogen-bond donors (Lipinski definition) is 0. The Hall–Kier alpha value is -0.490. The first-order valence-corrected chi connectivity index (χ1v) is 4.68. The highest BCUT2D eigenvalue weighted by Crippen LogP contribution is 2.11.